The number of likely N-dealkylation sites (N-methyl/N-ethyl adjacent to an activating group) is 1. The Kier molecular flexibility index (Phi) is 1.57. The van der Waals surface area contributed by atoms with Gasteiger partial charge in [0.15, 0.2) is 0 Å². The van der Waals surface area contributed by atoms with Crippen molar-refractivity contribution in [1.82, 2.24) is 4.65 Å². The standard InChI is InChI=1S/C11H15NO/c1-11(2)8-12(3,13)10-7-5-4-6-9(10)11/h4-7H,8H2,1-3H3. The lowest BCUT2D eigenvalue weighted by Gasteiger charge is -2.35. The molecule has 1 aliphatic rings. The molecule has 0 N–H and O–H groups in total. The molecule has 2 nitrogen and oxygen atoms in total. The van der Waals surface area contributed by atoms with Crippen molar-refractivity contribution in [2.75, 3.05) is 13.6 Å². The summed E-state index contributed by atoms with van der Waals surface area (Å²) in [4.78, 5) is 0. The fourth-order valence-corrected chi connectivity index (χ4v) is 2.38. The highest BCUT2D eigenvalue weighted by Crippen LogP contribution is 2.42. The van der Waals surface area contributed by atoms with Crippen LogP contribution < -0.4 is 4.65 Å². The number of hydrogen-bond donors (Lipinski definition) is 0. The first-order valence-corrected chi connectivity index (χ1v) is 4.60. The molecule has 0 saturated heterocycles. The molecule has 0 aromatic heterocycles. The Morgan fingerprint density at radius 3 is 2.54 bits per heavy atom. The molecule has 13 heavy (non-hydrogen) atoms. The SMILES string of the molecule is CC1(C)C[N+](C)([O-])c2ccccc21. The fraction of sp³-hybridized carbons (Fsp3) is 0.455. The molecule has 70 valence electrons. The average Bonchev–Trinajstić information content (AvgIpc) is 2.20. The van der Waals surface area contributed by atoms with E-state index in [1.165, 1.54) is 5.56 Å². The minimum Gasteiger partial charge on any atom is -0.627 e. The first-order valence-electron chi connectivity index (χ1n) is 4.60. The summed E-state index contributed by atoms with van der Waals surface area (Å²) < 4.78 is -0.233. The maximum atomic E-state index is 12.1. The van der Waals surface area contributed by atoms with Gasteiger partial charge in [-0.05, 0) is 6.07 Å². The van der Waals surface area contributed by atoms with E-state index in [-0.39, 0.29) is 10.1 Å². The molecule has 1 unspecified atom stereocenters. The van der Waals surface area contributed by atoms with Crippen LogP contribution in [0, 0.1) is 5.21 Å². The van der Waals surface area contributed by atoms with E-state index in [1.54, 1.807) is 7.05 Å². The Hall–Kier alpha value is -0.860. The highest BCUT2D eigenvalue weighted by atomic mass is 16.5. The van der Waals surface area contributed by atoms with Gasteiger partial charge in [0.25, 0.3) is 0 Å². The molecular formula is C11H15NO. The van der Waals surface area contributed by atoms with Crippen LogP contribution in [0.5, 0.6) is 0 Å². The third kappa shape index (κ3) is 1.18. The second-order valence-electron chi connectivity index (χ2n) is 4.66. The van der Waals surface area contributed by atoms with Crippen molar-refractivity contribution in [3.63, 3.8) is 0 Å². The van der Waals surface area contributed by atoms with E-state index in [4.69, 9.17) is 0 Å². The third-order valence-corrected chi connectivity index (χ3v) is 2.84. The summed E-state index contributed by atoms with van der Waals surface area (Å²) >= 11 is 0. The zero-order chi connectivity index (χ0) is 9.69. The lowest BCUT2D eigenvalue weighted by molar-refractivity contribution is 0.390. The van der Waals surface area contributed by atoms with Gasteiger partial charge < -0.3 is 9.85 Å². The van der Waals surface area contributed by atoms with Crippen LogP contribution in [0.15, 0.2) is 24.3 Å². The van der Waals surface area contributed by atoms with Gasteiger partial charge in [0.05, 0.1) is 13.6 Å². The number of nitrogens with zero attached hydrogens (tertiary/aromatic N) is 1. The maximum Gasteiger partial charge on any atom is 0.136 e. The van der Waals surface area contributed by atoms with Gasteiger partial charge in [0.2, 0.25) is 0 Å². The second-order valence-corrected chi connectivity index (χ2v) is 4.66. The number of rotatable bonds is 0. The summed E-state index contributed by atoms with van der Waals surface area (Å²) in [6.07, 6.45) is 0. The van der Waals surface area contributed by atoms with Crippen molar-refractivity contribution in [3.8, 4) is 0 Å². The Morgan fingerprint density at radius 1 is 1.31 bits per heavy atom. The molecule has 2 heteroatoms. The monoisotopic (exact) mass is 177 g/mol. The maximum absolute atomic E-state index is 12.1. The van der Waals surface area contributed by atoms with Crippen LogP contribution >= 0.6 is 0 Å². The summed E-state index contributed by atoms with van der Waals surface area (Å²) in [7, 11) is 1.73. The fourth-order valence-electron chi connectivity index (χ4n) is 2.38. The van der Waals surface area contributed by atoms with Crippen LogP contribution in [0.1, 0.15) is 19.4 Å². The Bertz CT molecular complexity index is 309. The highest BCUT2D eigenvalue weighted by Gasteiger charge is 2.40. The van der Waals surface area contributed by atoms with Gasteiger partial charge in [0, 0.05) is 11.0 Å². The molecule has 0 bridgehead atoms. The number of hydroxylamine groups is 2. The summed E-state index contributed by atoms with van der Waals surface area (Å²) in [5, 5.41) is 12.1. The lowest BCUT2D eigenvalue weighted by Crippen LogP contribution is -2.40. The van der Waals surface area contributed by atoms with Gasteiger partial charge in [-0.1, -0.05) is 32.0 Å². The van der Waals surface area contributed by atoms with E-state index in [0.29, 0.717) is 6.54 Å². The van der Waals surface area contributed by atoms with E-state index < -0.39 is 0 Å². The summed E-state index contributed by atoms with van der Waals surface area (Å²) in [5.41, 5.74) is 2.15. The molecule has 1 atom stereocenters. The van der Waals surface area contributed by atoms with Gasteiger partial charge in [-0.3, -0.25) is 0 Å². The average molecular weight is 177 g/mol. The highest BCUT2D eigenvalue weighted by molar-refractivity contribution is 5.58. The predicted octanol–water partition coefficient (Wildman–Crippen LogP) is 2.41. The van der Waals surface area contributed by atoms with Crippen LogP contribution in [0.2, 0.25) is 0 Å². The minimum absolute atomic E-state index is 0.0209. The summed E-state index contributed by atoms with van der Waals surface area (Å²) in [6, 6.07) is 7.95. The molecule has 0 fully saturated rings. The van der Waals surface area contributed by atoms with Gasteiger partial charge in [0.1, 0.15) is 5.69 Å². The normalized spacial score (nSPS) is 30.2. The van der Waals surface area contributed by atoms with Gasteiger partial charge in [-0.15, -0.1) is 0 Å². The number of hydrogen-bond acceptors (Lipinski definition) is 1. The van der Waals surface area contributed by atoms with E-state index in [2.05, 4.69) is 19.9 Å². The molecule has 0 radical (unpaired) electrons. The number of quaternary nitrogens is 1. The van der Waals surface area contributed by atoms with Crippen molar-refractivity contribution in [2.24, 2.45) is 0 Å². The Labute approximate surface area is 79.0 Å². The van der Waals surface area contributed by atoms with Gasteiger partial charge >= 0.3 is 0 Å². The number of para-hydroxylation sites is 1. The van der Waals surface area contributed by atoms with Crippen LogP contribution in [0.4, 0.5) is 5.69 Å². The van der Waals surface area contributed by atoms with E-state index in [9.17, 15) is 5.21 Å². The first-order chi connectivity index (χ1) is 5.93. The summed E-state index contributed by atoms with van der Waals surface area (Å²) in [6.45, 7) is 4.91. The van der Waals surface area contributed by atoms with E-state index >= 15 is 0 Å². The number of fused-ring (bicyclic) bond motifs is 1. The topological polar surface area (TPSA) is 23.1 Å². The van der Waals surface area contributed by atoms with Crippen molar-refractivity contribution in [1.29, 1.82) is 0 Å². The molecule has 1 aliphatic heterocycles. The van der Waals surface area contributed by atoms with Crippen LogP contribution in [0.3, 0.4) is 0 Å². The van der Waals surface area contributed by atoms with Gasteiger partial charge in [-0.2, -0.15) is 0 Å². The zero-order valence-corrected chi connectivity index (χ0v) is 8.37. The van der Waals surface area contributed by atoms with Crippen molar-refractivity contribution in [3.05, 3.63) is 35.0 Å². The van der Waals surface area contributed by atoms with Crippen LogP contribution in [-0.4, -0.2) is 13.6 Å². The zero-order valence-electron chi connectivity index (χ0n) is 8.37. The quantitative estimate of drug-likeness (QED) is 0.441. The molecule has 0 saturated carbocycles. The Morgan fingerprint density at radius 2 is 1.92 bits per heavy atom. The molecule has 1 heterocycles. The third-order valence-electron chi connectivity index (χ3n) is 2.84. The molecular weight excluding hydrogens is 162 g/mol. The predicted molar refractivity (Wildman–Crippen MR) is 55.4 cm³/mol. The summed E-state index contributed by atoms with van der Waals surface area (Å²) in [5.74, 6) is 0. The smallest absolute Gasteiger partial charge is 0.136 e. The van der Waals surface area contributed by atoms with Gasteiger partial charge in [-0.25, -0.2) is 0 Å². The second kappa shape index (κ2) is 2.34. The lowest BCUT2D eigenvalue weighted by atomic mass is 9.87. The molecule has 1 aromatic rings. The largest absolute Gasteiger partial charge is 0.627 e. The van der Waals surface area contributed by atoms with E-state index in [1.807, 2.05) is 18.2 Å². The van der Waals surface area contributed by atoms with Crippen molar-refractivity contribution in [2.45, 2.75) is 19.3 Å². The van der Waals surface area contributed by atoms with Crippen molar-refractivity contribution < 1.29 is 0 Å². The molecule has 0 aliphatic carbocycles. The first kappa shape index (κ1) is 8.73. The van der Waals surface area contributed by atoms with E-state index in [0.717, 1.165) is 5.69 Å². The molecule has 2 rings (SSSR count). The van der Waals surface area contributed by atoms with Crippen LogP contribution in [0.25, 0.3) is 0 Å². The Balaban J connectivity index is 2.64. The molecule has 1 aromatic carbocycles. The molecule has 0 amide bonds. The van der Waals surface area contributed by atoms with Crippen LogP contribution in [-0.2, 0) is 5.41 Å². The number of benzene rings is 1. The minimum atomic E-state index is -0.233. The molecule has 0 spiro atoms. The van der Waals surface area contributed by atoms with Crippen molar-refractivity contribution >= 4 is 5.69 Å².